The molecule has 2 aliphatic rings. The third kappa shape index (κ3) is 3.43. The minimum Gasteiger partial charge on any atom is -1.00 e. The first-order chi connectivity index (χ1) is 11.7. The van der Waals surface area contributed by atoms with Crippen LogP contribution >= 0.6 is 31.9 Å². The average Bonchev–Trinajstić information content (AvgIpc) is 3.36. The maximum atomic E-state index is 9.98. The fourth-order valence-electron chi connectivity index (χ4n) is 2.97. The van der Waals surface area contributed by atoms with Crippen LogP contribution in [0.3, 0.4) is 0 Å². The molecule has 4 heteroatoms. The van der Waals surface area contributed by atoms with Gasteiger partial charge in [-0.25, -0.2) is 0 Å². The topological polar surface area (TPSA) is 21.4 Å². The Hall–Kier alpha value is -1.49. The summed E-state index contributed by atoms with van der Waals surface area (Å²) in [6, 6.07) is 20.8. The summed E-state index contributed by atoms with van der Waals surface area (Å²) in [5, 5.41) is 0. The summed E-state index contributed by atoms with van der Waals surface area (Å²) in [7, 11) is 0. The molecule has 2 aliphatic carbocycles. The van der Waals surface area contributed by atoms with Crippen LogP contribution in [0.15, 0.2) is 92.9 Å². The standard InChI is InChI=1S/C21H12Br2O.BrH/c22-16-11-15(12-17(23)21(16)24)20-18(13-7-3-1-4-8-13)19(20)14-9-5-2-6-10-14;/h1-12H;1H. The van der Waals surface area contributed by atoms with E-state index < -0.39 is 0 Å². The first kappa shape index (κ1) is 18.3. The number of ketones is 1. The van der Waals surface area contributed by atoms with E-state index in [1.807, 2.05) is 24.3 Å². The summed E-state index contributed by atoms with van der Waals surface area (Å²) in [6.45, 7) is 0. The number of rotatable bonds is 2. The van der Waals surface area contributed by atoms with Crippen LogP contribution in [0.25, 0.3) is 11.1 Å². The molecule has 0 amide bonds. The summed E-state index contributed by atoms with van der Waals surface area (Å²) in [6.07, 6.45) is 3.93. The quantitative estimate of drug-likeness (QED) is 0.543. The molecule has 0 radical (unpaired) electrons. The third-order valence-corrected chi connectivity index (χ3v) is 5.33. The van der Waals surface area contributed by atoms with Gasteiger partial charge in [-0.05, 0) is 77.4 Å². The number of benzene rings is 2. The monoisotopic (exact) mass is 518 g/mol. The predicted molar refractivity (Wildman–Crippen MR) is 108 cm³/mol. The highest BCUT2D eigenvalue weighted by Gasteiger charge is 2.35. The van der Waals surface area contributed by atoms with Crippen LogP contribution in [0.4, 0.5) is 0 Å². The molecule has 25 heavy (non-hydrogen) atoms. The zero-order chi connectivity index (χ0) is 16.7. The van der Waals surface area contributed by atoms with Crippen molar-refractivity contribution in [3.8, 4) is 0 Å². The SMILES string of the molecule is [Br-].[OH+]=C1C(Br)=CC(=C2C(c3ccccc3)=C2c2ccccc2)C=C1Br. The molecule has 0 aliphatic heterocycles. The predicted octanol–water partition coefficient (Wildman–Crippen LogP) is 3.03. The van der Waals surface area contributed by atoms with Gasteiger partial charge < -0.3 is 17.0 Å². The molecule has 0 fully saturated rings. The van der Waals surface area contributed by atoms with E-state index >= 15 is 0 Å². The fourth-order valence-corrected chi connectivity index (χ4v) is 4.16. The molecule has 1 nitrogen and oxygen atoms in total. The van der Waals surface area contributed by atoms with Crippen LogP contribution in [0, 0.1) is 0 Å². The number of hydrogen-bond donors (Lipinski definition) is 0. The van der Waals surface area contributed by atoms with E-state index in [1.165, 1.54) is 27.8 Å². The van der Waals surface area contributed by atoms with E-state index in [-0.39, 0.29) is 22.8 Å². The van der Waals surface area contributed by atoms with Crippen molar-refractivity contribution in [1.29, 1.82) is 0 Å². The molecule has 124 valence electrons. The Morgan fingerprint density at radius 2 is 1.00 bits per heavy atom. The zero-order valence-electron chi connectivity index (χ0n) is 13.0. The highest BCUT2D eigenvalue weighted by molar-refractivity contribution is 9.13. The second-order valence-electron chi connectivity index (χ2n) is 5.65. The molecule has 0 spiro atoms. The van der Waals surface area contributed by atoms with Crippen molar-refractivity contribution in [2.24, 2.45) is 0 Å². The van der Waals surface area contributed by atoms with E-state index in [0.29, 0.717) is 8.96 Å². The Morgan fingerprint density at radius 3 is 1.40 bits per heavy atom. The Morgan fingerprint density at radius 1 is 0.600 bits per heavy atom. The van der Waals surface area contributed by atoms with Crippen molar-refractivity contribution < 1.29 is 21.8 Å². The van der Waals surface area contributed by atoms with Gasteiger partial charge in [0.05, 0.1) is 0 Å². The van der Waals surface area contributed by atoms with E-state index in [4.69, 9.17) is 0 Å². The van der Waals surface area contributed by atoms with Crippen LogP contribution in [-0.4, -0.2) is 10.6 Å². The highest BCUT2D eigenvalue weighted by atomic mass is 79.9. The molecule has 0 heterocycles. The summed E-state index contributed by atoms with van der Waals surface area (Å²) in [5.74, 6) is 0.225. The van der Waals surface area contributed by atoms with Crippen LogP contribution in [-0.2, 0) is 0 Å². The Labute approximate surface area is 173 Å². The van der Waals surface area contributed by atoms with Crippen molar-refractivity contribution >= 4 is 48.8 Å². The number of allylic oxidation sites excluding steroid dienone is 8. The van der Waals surface area contributed by atoms with Crippen molar-refractivity contribution in [3.05, 3.63) is 104 Å². The van der Waals surface area contributed by atoms with Gasteiger partial charge in [0, 0.05) is 0 Å². The van der Waals surface area contributed by atoms with E-state index in [2.05, 4.69) is 80.4 Å². The van der Waals surface area contributed by atoms with Gasteiger partial charge in [0.15, 0.2) is 0 Å². The van der Waals surface area contributed by atoms with Gasteiger partial charge in [-0.2, -0.15) is 0 Å². The molecule has 2 aromatic carbocycles. The van der Waals surface area contributed by atoms with E-state index in [1.54, 1.807) is 0 Å². The number of carbonyl (C=O) groups excluding carboxylic acids is 1. The first-order valence-electron chi connectivity index (χ1n) is 7.58. The molecular weight excluding hydrogens is 508 g/mol. The van der Waals surface area contributed by atoms with Gasteiger partial charge in [-0.3, -0.25) is 4.79 Å². The van der Waals surface area contributed by atoms with Gasteiger partial charge in [0.2, 0.25) is 0 Å². The van der Waals surface area contributed by atoms with Crippen LogP contribution in [0.2, 0.25) is 0 Å². The minimum atomic E-state index is 0. The number of halogens is 3. The van der Waals surface area contributed by atoms with Crippen LogP contribution < -0.4 is 17.0 Å². The second-order valence-corrected chi connectivity index (χ2v) is 7.35. The largest absolute Gasteiger partial charge is 1.00 e. The Balaban J connectivity index is 0.00000182. The summed E-state index contributed by atoms with van der Waals surface area (Å²) >= 11 is 6.87. The number of hydrogen-bond acceptors (Lipinski definition) is 0. The van der Waals surface area contributed by atoms with E-state index in [9.17, 15) is 4.79 Å². The van der Waals surface area contributed by atoms with Crippen molar-refractivity contribution in [3.63, 3.8) is 0 Å². The first-order valence-corrected chi connectivity index (χ1v) is 9.16. The lowest BCUT2D eigenvalue weighted by Gasteiger charge is -2.04. The lowest BCUT2D eigenvalue weighted by molar-refractivity contribution is -0.00000516. The molecule has 0 unspecified atom stereocenters. The molecule has 1 N–H and O–H groups in total. The van der Waals surface area contributed by atoms with Gasteiger partial charge in [0.25, 0.3) is 0 Å². The third-order valence-electron chi connectivity index (χ3n) is 4.12. The molecule has 0 atom stereocenters. The zero-order valence-corrected chi connectivity index (χ0v) is 17.8. The normalized spacial score (nSPS) is 16.3. The maximum absolute atomic E-state index is 9.98. The van der Waals surface area contributed by atoms with E-state index in [0.717, 1.165) is 5.57 Å². The lowest BCUT2D eigenvalue weighted by Crippen LogP contribution is -3.00. The molecular formula is C21H13Br3O. The summed E-state index contributed by atoms with van der Waals surface area (Å²) in [5.41, 5.74) is 7.29. The second kappa shape index (κ2) is 7.40. The van der Waals surface area contributed by atoms with Crippen molar-refractivity contribution in [1.82, 2.24) is 0 Å². The van der Waals surface area contributed by atoms with Crippen LogP contribution in [0.1, 0.15) is 11.1 Å². The van der Waals surface area contributed by atoms with Crippen molar-refractivity contribution in [2.45, 2.75) is 0 Å². The molecule has 2 aromatic rings. The van der Waals surface area contributed by atoms with Gasteiger partial charge in [-0.1, -0.05) is 60.7 Å². The molecule has 0 bridgehead atoms. The lowest BCUT2D eigenvalue weighted by atomic mass is 10.0. The maximum Gasteiger partial charge on any atom is 0.368 e. The molecule has 0 saturated heterocycles. The Bertz CT molecular complexity index is 889. The molecule has 4 rings (SSSR count). The summed E-state index contributed by atoms with van der Waals surface area (Å²) in [4.78, 5) is 9.98. The van der Waals surface area contributed by atoms with Crippen molar-refractivity contribution in [2.75, 3.05) is 0 Å². The highest BCUT2D eigenvalue weighted by Crippen LogP contribution is 2.55. The van der Waals surface area contributed by atoms with Gasteiger partial charge in [-0.15, -0.1) is 0 Å². The summed E-state index contributed by atoms with van der Waals surface area (Å²) < 4.78 is 1.37. The Kier molecular flexibility index (Phi) is 5.42. The smallest absolute Gasteiger partial charge is 0.368 e. The van der Waals surface area contributed by atoms with Gasteiger partial charge >= 0.3 is 5.78 Å². The fraction of sp³-hybridized carbons (Fsp3) is 0. The minimum absolute atomic E-state index is 0. The average molecular weight is 521 g/mol. The van der Waals surface area contributed by atoms with Crippen LogP contribution in [0.5, 0.6) is 0 Å². The molecule has 0 aromatic heterocycles. The molecule has 0 saturated carbocycles. The van der Waals surface area contributed by atoms with Gasteiger partial charge in [0.1, 0.15) is 8.96 Å².